The largest absolute Gasteiger partial charge is 0.493 e. The van der Waals surface area contributed by atoms with Gasteiger partial charge in [-0.25, -0.2) is 0 Å². The van der Waals surface area contributed by atoms with Crippen LogP contribution in [0, 0.1) is 0 Å². The predicted octanol–water partition coefficient (Wildman–Crippen LogP) is 7.42. The molecule has 0 fully saturated rings. The molecule has 0 amide bonds. The van der Waals surface area contributed by atoms with Gasteiger partial charge in [0.2, 0.25) is 0 Å². The topological polar surface area (TPSA) is 25.0 Å². The van der Waals surface area contributed by atoms with Gasteiger partial charge in [0.15, 0.2) is 0 Å². The highest BCUT2D eigenvalue weighted by molar-refractivity contribution is 5.89. The lowest BCUT2D eigenvalue weighted by Gasteiger charge is -2.09. The summed E-state index contributed by atoms with van der Waals surface area (Å²) in [6.45, 7) is 5.35. The van der Waals surface area contributed by atoms with Crippen LogP contribution in [0.2, 0.25) is 0 Å². The summed E-state index contributed by atoms with van der Waals surface area (Å²) in [4.78, 5) is 3.38. The van der Waals surface area contributed by atoms with Gasteiger partial charge < -0.3 is 9.72 Å². The smallest absolute Gasteiger partial charge is 0.128 e. The quantitative estimate of drug-likeness (QED) is 0.355. The van der Waals surface area contributed by atoms with Crippen molar-refractivity contribution in [2.75, 3.05) is 6.61 Å². The van der Waals surface area contributed by atoms with Gasteiger partial charge in [0, 0.05) is 17.1 Å². The molecule has 0 spiro atoms. The molecule has 2 aromatic rings. The molecule has 1 N–H and O–H groups in total. The van der Waals surface area contributed by atoms with Crippen molar-refractivity contribution in [2.45, 2.75) is 90.9 Å². The average Bonchev–Trinajstić information content (AvgIpc) is 3.04. The molecule has 0 saturated heterocycles. The molecule has 0 aliphatic carbocycles. The van der Waals surface area contributed by atoms with Gasteiger partial charge in [0.05, 0.1) is 6.61 Å². The van der Waals surface area contributed by atoms with Crippen molar-refractivity contribution >= 4 is 10.9 Å². The predicted molar refractivity (Wildman–Crippen MR) is 110 cm³/mol. The molecule has 0 unspecified atom stereocenters. The number of benzene rings is 1. The summed E-state index contributed by atoms with van der Waals surface area (Å²) in [6.07, 6.45) is 18.1. The Bertz CT molecular complexity index is 587. The summed E-state index contributed by atoms with van der Waals surface area (Å²) in [7, 11) is 0. The van der Waals surface area contributed by atoms with Gasteiger partial charge in [-0.1, -0.05) is 84.1 Å². The maximum Gasteiger partial charge on any atom is 0.128 e. The van der Waals surface area contributed by atoms with Crippen molar-refractivity contribution in [2.24, 2.45) is 0 Å². The Morgan fingerprint density at radius 1 is 0.800 bits per heavy atom. The molecule has 2 nitrogen and oxygen atoms in total. The number of rotatable bonds is 14. The van der Waals surface area contributed by atoms with Crippen LogP contribution in [-0.4, -0.2) is 11.6 Å². The Kier molecular flexibility index (Phi) is 9.54. The summed E-state index contributed by atoms with van der Waals surface area (Å²) >= 11 is 0. The van der Waals surface area contributed by atoms with Crippen LogP contribution in [0.4, 0.5) is 0 Å². The maximum atomic E-state index is 6.12. The lowest BCUT2D eigenvalue weighted by Crippen LogP contribution is -1.98. The van der Waals surface area contributed by atoms with Gasteiger partial charge >= 0.3 is 0 Å². The molecule has 2 rings (SSSR count). The highest BCUT2D eigenvalue weighted by atomic mass is 16.5. The van der Waals surface area contributed by atoms with Crippen molar-refractivity contribution in [3.05, 3.63) is 30.0 Å². The number of aromatic amines is 1. The number of aromatic nitrogens is 1. The standard InChI is InChI=1S/C23H37NO/c1-3-5-6-7-8-9-10-11-12-13-18-25-22-17-14-16-21-23(22)20(15-4-2)19-24-21/h14,16-17,19,24H,3-13,15,18H2,1-2H3. The number of hydrogen-bond donors (Lipinski definition) is 1. The minimum atomic E-state index is 0.840. The monoisotopic (exact) mass is 343 g/mol. The molecule has 1 heterocycles. The molecule has 1 aromatic carbocycles. The molecule has 140 valence electrons. The number of ether oxygens (including phenoxy) is 1. The zero-order valence-corrected chi connectivity index (χ0v) is 16.4. The molecule has 1 aromatic heterocycles. The summed E-state index contributed by atoms with van der Waals surface area (Å²) in [5, 5.41) is 1.29. The van der Waals surface area contributed by atoms with Crippen LogP contribution in [0.15, 0.2) is 24.4 Å². The average molecular weight is 344 g/mol. The Hall–Kier alpha value is -1.44. The summed E-state index contributed by atoms with van der Waals surface area (Å²) in [6, 6.07) is 6.34. The van der Waals surface area contributed by atoms with Crippen molar-refractivity contribution in [1.82, 2.24) is 4.98 Å². The third-order valence-corrected chi connectivity index (χ3v) is 5.02. The summed E-state index contributed by atoms with van der Waals surface area (Å²) in [5.41, 5.74) is 2.58. The van der Waals surface area contributed by atoms with E-state index < -0.39 is 0 Å². The van der Waals surface area contributed by atoms with E-state index in [2.05, 4.69) is 43.2 Å². The van der Waals surface area contributed by atoms with Crippen LogP contribution >= 0.6 is 0 Å². The van der Waals surface area contributed by atoms with Crippen LogP contribution in [0.25, 0.3) is 10.9 Å². The highest BCUT2D eigenvalue weighted by Gasteiger charge is 2.08. The summed E-state index contributed by atoms with van der Waals surface area (Å²) < 4.78 is 6.12. The van der Waals surface area contributed by atoms with E-state index in [1.165, 1.54) is 87.1 Å². The number of aryl methyl sites for hydroxylation is 1. The van der Waals surface area contributed by atoms with E-state index in [0.717, 1.165) is 18.8 Å². The van der Waals surface area contributed by atoms with E-state index in [4.69, 9.17) is 4.74 Å². The molecule has 0 aliphatic heterocycles. The number of nitrogens with one attached hydrogen (secondary N) is 1. The first-order chi connectivity index (χ1) is 12.4. The molecular weight excluding hydrogens is 306 g/mol. The molecule has 0 bridgehead atoms. The van der Waals surface area contributed by atoms with E-state index in [-0.39, 0.29) is 0 Å². The van der Waals surface area contributed by atoms with Crippen LogP contribution < -0.4 is 4.74 Å². The zero-order valence-electron chi connectivity index (χ0n) is 16.4. The van der Waals surface area contributed by atoms with E-state index in [9.17, 15) is 0 Å². The third kappa shape index (κ3) is 6.76. The Morgan fingerprint density at radius 2 is 1.48 bits per heavy atom. The molecule has 25 heavy (non-hydrogen) atoms. The first kappa shape index (κ1) is 19.9. The molecule has 0 saturated carbocycles. The first-order valence-corrected chi connectivity index (χ1v) is 10.6. The van der Waals surface area contributed by atoms with Crippen molar-refractivity contribution in [3.8, 4) is 5.75 Å². The molecule has 0 atom stereocenters. The fraction of sp³-hybridized carbons (Fsp3) is 0.652. The number of hydrogen-bond acceptors (Lipinski definition) is 1. The molecule has 0 radical (unpaired) electrons. The van der Waals surface area contributed by atoms with E-state index in [0.29, 0.717) is 0 Å². The second kappa shape index (κ2) is 12.0. The van der Waals surface area contributed by atoms with Crippen LogP contribution in [0.5, 0.6) is 5.75 Å². The Balaban J connectivity index is 1.62. The molecular formula is C23H37NO. The van der Waals surface area contributed by atoms with E-state index in [1.54, 1.807) is 0 Å². The second-order valence-electron chi connectivity index (χ2n) is 7.27. The number of H-pyrrole nitrogens is 1. The molecule has 2 heteroatoms. The number of unbranched alkanes of at least 4 members (excludes halogenated alkanes) is 9. The van der Waals surface area contributed by atoms with Crippen LogP contribution in [0.3, 0.4) is 0 Å². The zero-order chi connectivity index (χ0) is 17.7. The van der Waals surface area contributed by atoms with Crippen LogP contribution in [-0.2, 0) is 6.42 Å². The fourth-order valence-corrected chi connectivity index (χ4v) is 3.58. The van der Waals surface area contributed by atoms with Crippen molar-refractivity contribution in [1.29, 1.82) is 0 Å². The maximum absolute atomic E-state index is 6.12. The van der Waals surface area contributed by atoms with E-state index in [1.807, 2.05) is 0 Å². The molecule has 0 aliphatic rings. The Labute approximate surface area is 154 Å². The fourth-order valence-electron chi connectivity index (χ4n) is 3.58. The van der Waals surface area contributed by atoms with Crippen molar-refractivity contribution in [3.63, 3.8) is 0 Å². The lowest BCUT2D eigenvalue weighted by atomic mass is 10.1. The van der Waals surface area contributed by atoms with Gasteiger partial charge in [-0.2, -0.15) is 0 Å². The normalized spacial score (nSPS) is 11.3. The lowest BCUT2D eigenvalue weighted by molar-refractivity contribution is 0.307. The van der Waals surface area contributed by atoms with Gasteiger partial charge in [-0.3, -0.25) is 0 Å². The van der Waals surface area contributed by atoms with Crippen LogP contribution in [0.1, 0.15) is 90.0 Å². The van der Waals surface area contributed by atoms with Gasteiger partial charge in [-0.15, -0.1) is 0 Å². The SMILES string of the molecule is CCCCCCCCCCCCOc1cccc2[nH]cc(CCC)c12. The minimum Gasteiger partial charge on any atom is -0.493 e. The van der Waals surface area contributed by atoms with Gasteiger partial charge in [0.25, 0.3) is 0 Å². The third-order valence-electron chi connectivity index (χ3n) is 5.02. The Morgan fingerprint density at radius 3 is 2.16 bits per heavy atom. The van der Waals surface area contributed by atoms with E-state index >= 15 is 0 Å². The number of fused-ring (bicyclic) bond motifs is 1. The van der Waals surface area contributed by atoms with Crippen molar-refractivity contribution < 1.29 is 4.74 Å². The van der Waals surface area contributed by atoms with Gasteiger partial charge in [-0.05, 0) is 30.5 Å². The second-order valence-corrected chi connectivity index (χ2v) is 7.27. The first-order valence-electron chi connectivity index (χ1n) is 10.6. The summed E-state index contributed by atoms with van der Waals surface area (Å²) in [5.74, 6) is 1.05. The highest BCUT2D eigenvalue weighted by Crippen LogP contribution is 2.29. The minimum absolute atomic E-state index is 0.840. The van der Waals surface area contributed by atoms with Gasteiger partial charge in [0.1, 0.15) is 5.75 Å².